The van der Waals surface area contributed by atoms with Gasteiger partial charge in [0, 0.05) is 18.4 Å². The number of hydrogen-bond acceptors (Lipinski definition) is 4. The topological polar surface area (TPSA) is 71.8 Å². The second kappa shape index (κ2) is 9.25. The first kappa shape index (κ1) is 21.0. The lowest BCUT2D eigenvalue weighted by Crippen LogP contribution is -2.46. The molecule has 2 aromatic carbocycles. The lowest BCUT2D eigenvalue weighted by Gasteiger charge is -2.34. The number of benzene rings is 2. The van der Waals surface area contributed by atoms with E-state index in [4.69, 9.17) is 9.15 Å². The Balaban J connectivity index is 1.59. The predicted molar refractivity (Wildman–Crippen MR) is 119 cm³/mol. The molecule has 1 aliphatic rings. The van der Waals surface area contributed by atoms with Gasteiger partial charge >= 0.3 is 0 Å². The molecule has 1 fully saturated rings. The van der Waals surface area contributed by atoms with E-state index in [1.54, 1.807) is 4.90 Å². The molecule has 2 amide bonds. The number of para-hydroxylation sites is 1. The zero-order valence-corrected chi connectivity index (χ0v) is 18.0. The molecule has 1 aromatic heterocycles. The van der Waals surface area contributed by atoms with Crippen LogP contribution in [0.25, 0.3) is 11.0 Å². The summed E-state index contributed by atoms with van der Waals surface area (Å²) >= 11 is 0. The third-order valence-corrected chi connectivity index (χ3v) is 5.65. The fourth-order valence-corrected chi connectivity index (χ4v) is 4.11. The first-order valence-electron chi connectivity index (χ1n) is 10.9. The lowest BCUT2D eigenvalue weighted by atomic mass is 10.00. The monoisotopic (exact) mass is 420 g/mol. The van der Waals surface area contributed by atoms with Gasteiger partial charge in [-0.1, -0.05) is 42.5 Å². The number of carbonyl (C=O) groups excluding carboxylic acids is 2. The van der Waals surface area contributed by atoms with E-state index in [0.717, 1.165) is 23.8 Å². The number of rotatable bonds is 7. The average Bonchev–Trinajstić information content (AvgIpc) is 3.22. The van der Waals surface area contributed by atoms with Crippen LogP contribution in [0.4, 0.5) is 0 Å². The molecule has 2 unspecified atom stereocenters. The van der Waals surface area contributed by atoms with Crippen LogP contribution in [0.3, 0.4) is 0 Å². The summed E-state index contributed by atoms with van der Waals surface area (Å²) in [5.41, 5.74) is 1.48. The maximum absolute atomic E-state index is 13.4. The molecular weight excluding hydrogens is 392 g/mol. The van der Waals surface area contributed by atoms with E-state index in [1.807, 2.05) is 68.4 Å². The van der Waals surface area contributed by atoms with Crippen LogP contribution in [0.1, 0.15) is 56.5 Å². The summed E-state index contributed by atoms with van der Waals surface area (Å²) in [5, 5.41) is 3.98. The van der Waals surface area contributed by atoms with Gasteiger partial charge in [0.1, 0.15) is 11.8 Å². The Morgan fingerprint density at radius 1 is 1.16 bits per heavy atom. The fraction of sp³-hybridized carbons (Fsp3) is 0.360. The Kier molecular flexibility index (Phi) is 6.26. The van der Waals surface area contributed by atoms with Gasteiger partial charge in [0.05, 0.1) is 12.6 Å². The summed E-state index contributed by atoms with van der Waals surface area (Å²) in [6, 6.07) is 16.1. The summed E-state index contributed by atoms with van der Waals surface area (Å²) in [4.78, 5) is 27.7. The smallest absolute Gasteiger partial charge is 0.248 e. The molecule has 4 rings (SSSR count). The van der Waals surface area contributed by atoms with Gasteiger partial charge in [0.25, 0.3) is 0 Å². The molecule has 162 valence electrons. The molecule has 3 aromatic rings. The van der Waals surface area contributed by atoms with Crippen molar-refractivity contribution in [1.29, 1.82) is 0 Å². The van der Waals surface area contributed by atoms with E-state index in [1.165, 1.54) is 0 Å². The van der Waals surface area contributed by atoms with Crippen molar-refractivity contribution in [1.82, 2.24) is 10.2 Å². The zero-order chi connectivity index (χ0) is 21.8. The molecule has 31 heavy (non-hydrogen) atoms. The SMILES string of the molecule is CCOc1cccc2cc(C(C)NC(=O)C(c3ccccc3)N3CCCCC3=O)oc12. The highest BCUT2D eigenvalue weighted by molar-refractivity contribution is 5.89. The largest absolute Gasteiger partial charge is 0.490 e. The van der Waals surface area contributed by atoms with Gasteiger partial charge in [0.15, 0.2) is 11.3 Å². The first-order chi connectivity index (χ1) is 15.1. The number of amides is 2. The molecule has 0 aliphatic carbocycles. The Labute approximate surface area is 182 Å². The van der Waals surface area contributed by atoms with Crippen LogP contribution in [-0.4, -0.2) is 29.9 Å². The Bertz CT molecular complexity index is 1060. The van der Waals surface area contributed by atoms with E-state index >= 15 is 0 Å². The summed E-state index contributed by atoms with van der Waals surface area (Å²) in [6.07, 6.45) is 2.26. The number of ether oxygens (including phenoxy) is 1. The maximum atomic E-state index is 13.4. The lowest BCUT2D eigenvalue weighted by molar-refractivity contribution is -0.143. The van der Waals surface area contributed by atoms with Gasteiger partial charge in [-0.15, -0.1) is 0 Å². The van der Waals surface area contributed by atoms with Gasteiger partial charge < -0.3 is 19.4 Å². The standard InChI is InChI=1S/C25H28N2O4/c1-3-30-20-13-9-12-19-16-21(31-24(19)20)17(2)26-25(29)23(18-10-5-4-6-11-18)27-15-8-7-14-22(27)28/h4-6,9-13,16-17,23H,3,7-8,14-15H2,1-2H3,(H,26,29). The highest BCUT2D eigenvalue weighted by atomic mass is 16.5. The Morgan fingerprint density at radius 2 is 1.97 bits per heavy atom. The minimum atomic E-state index is -0.653. The highest BCUT2D eigenvalue weighted by Gasteiger charge is 2.33. The number of nitrogens with one attached hydrogen (secondary N) is 1. The van der Waals surface area contributed by atoms with Gasteiger partial charge in [0.2, 0.25) is 11.8 Å². The van der Waals surface area contributed by atoms with Gasteiger partial charge in [-0.25, -0.2) is 0 Å². The van der Waals surface area contributed by atoms with Crippen molar-refractivity contribution in [3.63, 3.8) is 0 Å². The van der Waals surface area contributed by atoms with Crippen molar-refractivity contribution in [2.45, 2.75) is 45.2 Å². The maximum Gasteiger partial charge on any atom is 0.248 e. The minimum Gasteiger partial charge on any atom is -0.490 e. The molecule has 6 heteroatoms. The molecule has 2 atom stereocenters. The van der Waals surface area contributed by atoms with E-state index in [0.29, 0.717) is 36.7 Å². The van der Waals surface area contributed by atoms with Crippen molar-refractivity contribution in [2.24, 2.45) is 0 Å². The molecule has 1 N–H and O–H groups in total. The number of hydrogen-bond donors (Lipinski definition) is 1. The van der Waals surface area contributed by atoms with Crippen molar-refractivity contribution < 1.29 is 18.7 Å². The molecule has 0 bridgehead atoms. The summed E-state index contributed by atoms with van der Waals surface area (Å²) in [7, 11) is 0. The molecule has 2 heterocycles. The van der Waals surface area contributed by atoms with Crippen molar-refractivity contribution in [3.8, 4) is 5.75 Å². The third-order valence-electron chi connectivity index (χ3n) is 5.65. The minimum absolute atomic E-state index is 0.0213. The van der Waals surface area contributed by atoms with Crippen molar-refractivity contribution in [3.05, 3.63) is 65.9 Å². The molecule has 1 saturated heterocycles. The Morgan fingerprint density at radius 3 is 2.71 bits per heavy atom. The quantitative estimate of drug-likeness (QED) is 0.598. The van der Waals surface area contributed by atoms with Crippen LogP contribution in [0.5, 0.6) is 5.75 Å². The molecule has 0 spiro atoms. The molecular formula is C25H28N2O4. The molecule has 0 saturated carbocycles. The number of nitrogens with zero attached hydrogens (tertiary/aromatic N) is 1. The molecule has 0 radical (unpaired) electrons. The summed E-state index contributed by atoms with van der Waals surface area (Å²) in [6.45, 7) is 4.94. The highest BCUT2D eigenvalue weighted by Crippen LogP contribution is 2.32. The second-order valence-corrected chi connectivity index (χ2v) is 7.84. The molecule has 6 nitrogen and oxygen atoms in total. The van der Waals surface area contributed by atoms with Crippen LogP contribution in [0.15, 0.2) is 59.0 Å². The van der Waals surface area contributed by atoms with Crippen molar-refractivity contribution in [2.75, 3.05) is 13.2 Å². The number of furan rings is 1. The first-order valence-corrected chi connectivity index (χ1v) is 10.9. The zero-order valence-electron chi connectivity index (χ0n) is 18.0. The van der Waals surface area contributed by atoms with Crippen LogP contribution in [0, 0.1) is 0 Å². The second-order valence-electron chi connectivity index (χ2n) is 7.84. The number of likely N-dealkylation sites (tertiary alicyclic amines) is 1. The number of fused-ring (bicyclic) bond motifs is 1. The Hall–Kier alpha value is -3.28. The van der Waals surface area contributed by atoms with Crippen LogP contribution in [0.2, 0.25) is 0 Å². The number of piperidine rings is 1. The van der Waals surface area contributed by atoms with Gasteiger partial charge in [-0.3, -0.25) is 9.59 Å². The normalized spacial score (nSPS) is 16.2. The predicted octanol–water partition coefficient (Wildman–Crippen LogP) is 4.76. The van der Waals surface area contributed by atoms with E-state index in [-0.39, 0.29) is 17.9 Å². The third kappa shape index (κ3) is 4.43. The van der Waals surface area contributed by atoms with Gasteiger partial charge in [-0.05, 0) is 44.4 Å². The van der Waals surface area contributed by atoms with E-state index in [9.17, 15) is 9.59 Å². The van der Waals surface area contributed by atoms with Crippen molar-refractivity contribution >= 4 is 22.8 Å². The summed E-state index contributed by atoms with van der Waals surface area (Å²) < 4.78 is 11.7. The number of carbonyl (C=O) groups is 2. The molecule has 1 aliphatic heterocycles. The van der Waals surface area contributed by atoms with E-state index < -0.39 is 6.04 Å². The van der Waals surface area contributed by atoms with E-state index in [2.05, 4.69) is 5.32 Å². The van der Waals surface area contributed by atoms with Crippen LogP contribution in [-0.2, 0) is 9.59 Å². The summed E-state index contributed by atoms with van der Waals surface area (Å²) in [5.74, 6) is 1.14. The fourth-order valence-electron chi connectivity index (χ4n) is 4.11. The van der Waals surface area contributed by atoms with Crippen LogP contribution < -0.4 is 10.1 Å². The van der Waals surface area contributed by atoms with Crippen LogP contribution >= 0.6 is 0 Å². The average molecular weight is 421 g/mol. The van der Waals surface area contributed by atoms with Gasteiger partial charge in [-0.2, -0.15) is 0 Å².